The Morgan fingerprint density at radius 3 is 2.50 bits per heavy atom. The van der Waals surface area contributed by atoms with Gasteiger partial charge >= 0.3 is 0 Å². The van der Waals surface area contributed by atoms with Crippen LogP contribution >= 0.6 is 0 Å². The largest absolute Gasteiger partial charge is 0.359 e. The highest BCUT2D eigenvalue weighted by atomic mass is 16.1. The van der Waals surface area contributed by atoms with Gasteiger partial charge < -0.3 is 5.32 Å². The van der Waals surface area contributed by atoms with Gasteiger partial charge in [0.15, 0.2) is 0 Å². The Labute approximate surface area is 61.0 Å². The Kier molecular flexibility index (Phi) is 1.08. The average molecular weight is 139 g/mol. The van der Waals surface area contributed by atoms with Crippen molar-refractivity contribution in [3.63, 3.8) is 0 Å². The smallest absolute Gasteiger partial charge is 0.222 e. The molecule has 0 unspecified atom stereocenters. The van der Waals surface area contributed by atoms with E-state index in [4.69, 9.17) is 0 Å². The first-order chi connectivity index (χ1) is 4.76. The van der Waals surface area contributed by atoms with Crippen LogP contribution in [0.2, 0.25) is 0 Å². The first-order valence-electron chi connectivity index (χ1n) is 3.97. The standard InChI is InChI=1S/C8H13NO/c1-9-7(10)6-4-8(5-6)2-3-8/h6H,2-5H2,1H3,(H,9,10). The Balaban J connectivity index is 1.84. The molecule has 2 heteroatoms. The quantitative estimate of drug-likeness (QED) is 0.575. The van der Waals surface area contributed by atoms with E-state index in [-0.39, 0.29) is 5.91 Å². The summed E-state index contributed by atoms with van der Waals surface area (Å²) in [6.45, 7) is 0. The molecule has 56 valence electrons. The zero-order chi connectivity index (χ0) is 7.19. The van der Waals surface area contributed by atoms with Crippen molar-refractivity contribution in [2.75, 3.05) is 7.05 Å². The summed E-state index contributed by atoms with van der Waals surface area (Å²) in [4.78, 5) is 11.0. The highest BCUT2D eigenvalue weighted by Crippen LogP contribution is 2.63. The van der Waals surface area contributed by atoms with Gasteiger partial charge in [-0.05, 0) is 31.1 Å². The lowest BCUT2D eigenvalue weighted by Crippen LogP contribution is -2.37. The van der Waals surface area contributed by atoms with Crippen molar-refractivity contribution in [3.8, 4) is 0 Å². The van der Waals surface area contributed by atoms with E-state index in [0.717, 1.165) is 12.8 Å². The highest BCUT2D eigenvalue weighted by molar-refractivity contribution is 5.79. The first kappa shape index (κ1) is 6.20. The molecule has 2 aliphatic carbocycles. The molecule has 0 aromatic carbocycles. The van der Waals surface area contributed by atoms with Crippen molar-refractivity contribution < 1.29 is 4.79 Å². The van der Waals surface area contributed by atoms with Gasteiger partial charge in [-0.1, -0.05) is 0 Å². The lowest BCUT2D eigenvalue weighted by Gasteiger charge is -2.34. The maximum Gasteiger partial charge on any atom is 0.222 e. The third-order valence-corrected chi connectivity index (χ3v) is 2.93. The molecule has 2 nitrogen and oxygen atoms in total. The number of amides is 1. The zero-order valence-electron chi connectivity index (χ0n) is 6.31. The zero-order valence-corrected chi connectivity index (χ0v) is 6.31. The molecule has 1 amide bonds. The lowest BCUT2D eigenvalue weighted by atomic mass is 9.71. The number of rotatable bonds is 1. The summed E-state index contributed by atoms with van der Waals surface area (Å²) in [6, 6.07) is 0. The SMILES string of the molecule is CNC(=O)C1CC2(CC2)C1. The van der Waals surface area contributed by atoms with E-state index in [1.165, 1.54) is 12.8 Å². The fourth-order valence-corrected chi connectivity index (χ4v) is 1.96. The molecular formula is C8H13NO. The molecule has 10 heavy (non-hydrogen) atoms. The van der Waals surface area contributed by atoms with E-state index in [9.17, 15) is 4.79 Å². The number of carbonyl (C=O) groups is 1. The summed E-state index contributed by atoms with van der Waals surface area (Å²) in [7, 11) is 1.72. The molecule has 2 saturated carbocycles. The monoisotopic (exact) mass is 139 g/mol. The molecule has 1 spiro atoms. The summed E-state index contributed by atoms with van der Waals surface area (Å²) in [5.41, 5.74) is 0.664. The van der Waals surface area contributed by atoms with Crippen LogP contribution in [0, 0.1) is 11.3 Å². The first-order valence-corrected chi connectivity index (χ1v) is 3.97. The molecule has 0 aromatic rings. The maximum absolute atomic E-state index is 11.0. The number of carbonyl (C=O) groups excluding carboxylic acids is 1. The van der Waals surface area contributed by atoms with Crippen molar-refractivity contribution in [3.05, 3.63) is 0 Å². The van der Waals surface area contributed by atoms with Crippen molar-refractivity contribution >= 4 is 5.91 Å². The molecule has 2 aliphatic rings. The van der Waals surface area contributed by atoms with Gasteiger partial charge in [-0.3, -0.25) is 4.79 Å². The Morgan fingerprint density at radius 2 is 2.10 bits per heavy atom. The van der Waals surface area contributed by atoms with E-state index in [2.05, 4.69) is 5.32 Å². The molecule has 0 heterocycles. The molecule has 0 aromatic heterocycles. The Bertz CT molecular complexity index is 164. The van der Waals surface area contributed by atoms with Crippen molar-refractivity contribution in [2.45, 2.75) is 25.7 Å². The van der Waals surface area contributed by atoms with Crippen LogP contribution in [0.25, 0.3) is 0 Å². The summed E-state index contributed by atoms with van der Waals surface area (Å²) in [5.74, 6) is 0.602. The van der Waals surface area contributed by atoms with Crippen LogP contribution in [-0.2, 0) is 4.79 Å². The second-order valence-corrected chi connectivity index (χ2v) is 3.72. The predicted molar refractivity (Wildman–Crippen MR) is 38.5 cm³/mol. The van der Waals surface area contributed by atoms with Gasteiger partial charge in [-0.25, -0.2) is 0 Å². The minimum Gasteiger partial charge on any atom is -0.359 e. The molecule has 0 radical (unpaired) electrons. The van der Waals surface area contributed by atoms with Crippen molar-refractivity contribution in [2.24, 2.45) is 11.3 Å². The fraction of sp³-hybridized carbons (Fsp3) is 0.875. The topological polar surface area (TPSA) is 29.1 Å². The number of nitrogens with one attached hydrogen (secondary N) is 1. The van der Waals surface area contributed by atoms with Crippen LogP contribution in [0.1, 0.15) is 25.7 Å². The number of hydrogen-bond acceptors (Lipinski definition) is 1. The molecule has 2 fully saturated rings. The summed E-state index contributed by atoms with van der Waals surface area (Å²) < 4.78 is 0. The van der Waals surface area contributed by atoms with Crippen LogP contribution in [0.3, 0.4) is 0 Å². The van der Waals surface area contributed by atoms with Crippen LogP contribution in [-0.4, -0.2) is 13.0 Å². The van der Waals surface area contributed by atoms with Crippen LogP contribution < -0.4 is 5.32 Å². The highest BCUT2D eigenvalue weighted by Gasteiger charge is 2.54. The van der Waals surface area contributed by atoms with Gasteiger partial charge in [0, 0.05) is 13.0 Å². The maximum atomic E-state index is 11.0. The molecule has 1 N–H and O–H groups in total. The van der Waals surface area contributed by atoms with E-state index in [1.54, 1.807) is 7.05 Å². The average Bonchev–Trinajstić information content (AvgIpc) is 2.61. The van der Waals surface area contributed by atoms with Crippen LogP contribution in [0.15, 0.2) is 0 Å². The van der Waals surface area contributed by atoms with Gasteiger partial charge in [0.2, 0.25) is 5.91 Å². The predicted octanol–water partition coefficient (Wildman–Crippen LogP) is 0.923. The van der Waals surface area contributed by atoms with Gasteiger partial charge in [0.05, 0.1) is 0 Å². The molecule has 0 saturated heterocycles. The third kappa shape index (κ3) is 0.746. The Hall–Kier alpha value is -0.530. The fourth-order valence-electron chi connectivity index (χ4n) is 1.96. The van der Waals surface area contributed by atoms with Gasteiger partial charge in [0.25, 0.3) is 0 Å². The molecular weight excluding hydrogens is 126 g/mol. The van der Waals surface area contributed by atoms with Crippen molar-refractivity contribution in [1.29, 1.82) is 0 Å². The summed E-state index contributed by atoms with van der Waals surface area (Å²) in [6.07, 6.45) is 5.07. The van der Waals surface area contributed by atoms with E-state index >= 15 is 0 Å². The van der Waals surface area contributed by atoms with E-state index in [0.29, 0.717) is 11.3 Å². The summed E-state index contributed by atoms with van der Waals surface area (Å²) in [5, 5.41) is 2.69. The van der Waals surface area contributed by atoms with Crippen LogP contribution in [0.5, 0.6) is 0 Å². The van der Waals surface area contributed by atoms with E-state index < -0.39 is 0 Å². The van der Waals surface area contributed by atoms with Gasteiger partial charge in [0.1, 0.15) is 0 Å². The van der Waals surface area contributed by atoms with Crippen molar-refractivity contribution in [1.82, 2.24) is 5.32 Å². The second-order valence-electron chi connectivity index (χ2n) is 3.72. The summed E-state index contributed by atoms with van der Waals surface area (Å²) >= 11 is 0. The lowest BCUT2D eigenvalue weighted by molar-refractivity contribution is -0.129. The molecule has 2 rings (SSSR count). The van der Waals surface area contributed by atoms with Crippen LogP contribution in [0.4, 0.5) is 0 Å². The third-order valence-electron chi connectivity index (χ3n) is 2.93. The van der Waals surface area contributed by atoms with E-state index in [1.807, 2.05) is 0 Å². The number of hydrogen-bond donors (Lipinski definition) is 1. The van der Waals surface area contributed by atoms with Gasteiger partial charge in [-0.15, -0.1) is 0 Å². The minimum absolute atomic E-state index is 0.248. The second kappa shape index (κ2) is 1.74. The minimum atomic E-state index is 0.248. The molecule has 0 aliphatic heterocycles. The molecule has 0 atom stereocenters. The molecule has 0 bridgehead atoms. The Morgan fingerprint density at radius 1 is 1.50 bits per heavy atom. The van der Waals surface area contributed by atoms with Gasteiger partial charge in [-0.2, -0.15) is 0 Å². The normalized spacial score (nSPS) is 27.7.